The maximum Gasteiger partial charge on any atom is 0.333 e. The largest absolute Gasteiger partial charge is 0.382 e. The summed E-state index contributed by atoms with van der Waals surface area (Å²) in [7, 11) is -3.50. The van der Waals surface area contributed by atoms with E-state index >= 15 is 0 Å². The maximum absolute atomic E-state index is 13.2. The molecule has 3 aliphatic rings. The van der Waals surface area contributed by atoms with Crippen molar-refractivity contribution in [3.8, 4) is 22.6 Å². The van der Waals surface area contributed by atoms with Crippen molar-refractivity contribution in [2.75, 3.05) is 23.7 Å². The molecule has 12 nitrogen and oxygen atoms in total. The molecule has 4 aromatic rings. The average Bonchev–Trinajstić information content (AvgIpc) is 3.50. The van der Waals surface area contributed by atoms with Gasteiger partial charge in [0, 0.05) is 55.0 Å². The minimum atomic E-state index is -3.50. The van der Waals surface area contributed by atoms with E-state index in [0.29, 0.717) is 57.2 Å². The molecule has 2 saturated carbocycles. The molecule has 4 aromatic heterocycles. The molecule has 15 heteroatoms. The van der Waals surface area contributed by atoms with Gasteiger partial charge < -0.3 is 16.0 Å². The van der Waals surface area contributed by atoms with E-state index in [9.17, 15) is 17.2 Å². The van der Waals surface area contributed by atoms with Crippen molar-refractivity contribution in [1.82, 2.24) is 39.2 Å². The van der Waals surface area contributed by atoms with Crippen LogP contribution in [0.15, 0.2) is 49.2 Å². The van der Waals surface area contributed by atoms with E-state index < -0.39 is 16.6 Å². The molecule has 0 unspecified atom stereocenters. The van der Waals surface area contributed by atoms with Gasteiger partial charge in [0.25, 0.3) is 10.0 Å². The molecule has 0 aromatic carbocycles. The molecule has 1 aliphatic heterocycles. The maximum atomic E-state index is 13.2. The van der Waals surface area contributed by atoms with Crippen molar-refractivity contribution in [2.45, 2.75) is 56.4 Å². The van der Waals surface area contributed by atoms with Crippen LogP contribution in [0.25, 0.3) is 22.6 Å². The zero-order valence-electron chi connectivity index (χ0n) is 22.6. The third-order valence-electron chi connectivity index (χ3n) is 8.33. The van der Waals surface area contributed by atoms with Gasteiger partial charge in [0.05, 0.1) is 28.9 Å². The van der Waals surface area contributed by atoms with Gasteiger partial charge in [-0.05, 0) is 56.1 Å². The fraction of sp³-hybridized carbons (Fsp3) is 0.444. The molecule has 42 heavy (non-hydrogen) atoms. The summed E-state index contributed by atoms with van der Waals surface area (Å²) in [6.45, 7) is -0.600. The number of pyridine rings is 1. The van der Waals surface area contributed by atoms with Gasteiger partial charge in [0.15, 0.2) is 5.82 Å². The van der Waals surface area contributed by atoms with E-state index in [0.717, 1.165) is 48.5 Å². The molecule has 3 N–H and O–H groups in total. The molecule has 5 heterocycles. The predicted octanol–water partition coefficient (Wildman–Crippen LogP) is 4.02. The monoisotopic (exact) mass is 596 g/mol. The molecule has 0 atom stereocenters. The Hall–Kier alpha value is -3.98. The third-order valence-corrected chi connectivity index (χ3v) is 10.4. The molecule has 1 spiro atoms. The summed E-state index contributed by atoms with van der Waals surface area (Å²) in [5.41, 5.74) is 2.64. The SMILES string of the molecule is O=S(=O)(C1CC1)n1cc(-c2nccc(Nc3cc(NC4CCC5(CC4)CNC5)c(-c4ccn(C(F)F)n4)cn3)n2)cn1. The number of anilines is 3. The Morgan fingerprint density at radius 1 is 1.05 bits per heavy atom. The van der Waals surface area contributed by atoms with Crippen molar-refractivity contribution < 1.29 is 17.2 Å². The first-order valence-corrected chi connectivity index (χ1v) is 15.5. The van der Waals surface area contributed by atoms with E-state index in [1.54, 1.807) is 24.5 Å². The van der Waals surface area contributed by atoms with Crippen LogP contribution in [0, 0.1) is 5.41 Å². The quantitative estimate of drug-likeness (QED) is 0.259. The van der Waals surface area contributed by atoms with Crippen LogP contribution in [0.1, 0.15) is 45.1 Å². The summed E-state index contributed by atoms with van der Waals surface area (Å²) >= 11 is 0. The minimum absolute atomic E-state index is 0.233. The number of nitrogens with one attached hydrogen (secondary N) is 3. The zero-order chi connectivity index (χ0) is 28.9. The first-order chi connectivity index (χ1) is 20.3. The second-order valence-corrected chi connectivity index (χ2v) is 13.4. The second kappa shape index (κ2) is 10.4. The number of hydrogen-bond acceptors (Lipinski definition) is 10. The fourth-order valence-electron chi connectivity index (χ4n) is 5.64. The number of nitrogens with zero attached hydrogens (tertiary/aromatic N) is 7. The fourth-order valence-corrected chi connectivity index (χ4v) is 7.12. The third kappa shape index (κ3) is 5.22. The number of alkyl halides is 2. The Kier molecular flexibility index (Phi) is 6.65. The van der Waals surface area contributed by atoms with Gasteiger partial charge in [-0.1, -0.05) is 0 Å². The van der Waals surface area contributed by atoms with Crippen LogP contribution >= 0.6 is 0 Å². The van der Waals surface area contributed by atoms with E-state index in [-0.39, 0.29) is 11.3 Å². The number of aromatic nitrogens is 7. The van der Waals surface area contributed by atoms with E-state index in [4.69, 9.17) is 0 Å². The molecule has 1 saturated heterocycles. The van der Waals surface area contributed by atoms with Gasteiger partial charge in [-0.25, -0.2) is 28.1 Å². The smallest absolute Gasteiger partial charge is 0.333 e. The minimum Gasteiger partial charge on any atom is -0.382 e. The average molecular weight is 597 g/mol. The van der Waals surface area contributed by atoms with Crippen LogP contribution < -0.4 is 16.0 Å². The van der Waals surface area contributed by atoms with Gasteiger partial charge in [-0.3, -0.25) is 0 Å². The molecular weight excluding hydrogens is 566 g/mol. The summed E-state index contributed by atoms with van der Waals surface area (Å²) in [6, 6.07) is 5.29. The number of halogens is 2. The highest BCUT2D eigenvalue weighted by Gasteiger charge is 2.40. The standard InChI is InChI=1S/C27H30F2N10O2S/c28-26(29)38-10-6-21(37-38)20-13-32-24(11-22(20)34-18-3-7-27(8-4-18)15-30-16-27)35-23-5-9-31-25(36-23)17-12-33-39(14-17)42(40,41)19-1-2-19/h5-6,9-14,18-19,26,30H,1-4,7-8,15-16H2,(H2,31,32,34,35,36). The Balaban J connectivity index is 1.14. The summed E-state index contributed by atoms with van der Waals surface area (Å²) in [5.74, 6) is 1.25. The highest BCUT2D eigenvalue weighted by Crippen LogP contribution is 2.41. The van der Waals surface area contributed by atoms with Crippen LogP contribution in [0.2, 0.25) is 0 Å². The van der Waals surface area contributed by atoms with Crippen molar-refractivity contribution in [3.05, 3.63) is 49.2 Å². The lowest BCUT2D eigenvalue weighted by Gasteiger charge is -2.47. The normalized spacial score (nSPS) is 18.7. The van der Waals surface area contributed by atoms with Crippen LogP contribution in [-0.4, -0.2) is 66.7 Å². The van der Waals surface area contributed by atoms with Gasteiger partial charge in [0.1, 0.15) is 11.6 Å². The number of hydrogen-bond donors (Lipinski definition) is 3. The molecular formula is C27H30F2N10O2S. The van der Waals surface area contributed by atoms with Gasteiger partial charge in [-0.2, -0.15) is 23.1 Å². The zero-order valence-corrected chi connectivity index (χ0v) is 23.4. The Morgan fingerprint density at radius 2 is 1.86 bits per heavy atom. The molecule has 2 aliphatic carbocycles. The first-order valence-electron chi connectivity index (χ1n) is 14.0. The highest BCUT2D eigenvalue weighted by molar-refractivity contribution is 7.90. The van der Waals surface area contributed by atoms with Gasteiger partial charge in [0.2, 0.25) is 0 Å². The van der Waals surface area contributed by atoms with Crippen LogP contribution in [-0.2, 0) is 10.0 Å². The topological polar surface area (TPSA) is 145 Å². The van der Waals surface area contributed by atoms with Crippen LogP contribution in [0.4, 0.5) is 26.1 Å². The molecule has 220 valence electrons. The lowest BCUT2D eigenvalue weighted by atomic mass is 9.68. The van der Waals surface area contributed by atoms with Crippen LogP contribution in [0.3, 0.4) is 0 Å². The summed E-state index contributed by atoms with van der Waals surface area (Å²) in [5, 5.41) is 17.9. The lowest BCUT2D eigenvalue weighted by molar-refractivity contribution is 0.0568. The van der Waals surface area contributed by atoms with Crippen molar-refractivity contribution >= 4 is 27.3 Å². The molecule has 0 amide bonds. The lowest BCUT2D eigenvalue weighted by Crippen LogP contribution is -2.55. The summed E-state index contributed by atoms with van der Waals surface area (Å²) in [6.07, 6.45) is 12.9. The van der Waals surface area contributed by atoms with Gasteiger partial charge >= 0.3 is 6.55 Å². The Morgan fingerprint density at radius 3 is 2.55 bits per heavy atom. The number of rotatable bonds is 9. The van der Waals surface area contributed by atoms with Gasteiger partial charge in [-0.15, -0.1) is 0 Å². The van der Waals surface area contributed by atoms with E-state index in [2.05, 4.69) is 41.1 Å². The Bertz CT molecular complexity index is 1700. The summed E-state index contributed by atoms with van der Waals surface area (Å²) < 4.78 is 53.2. The Labute approximate surface area is 241 Å². The first kappa shape index (κ1) is 26.9. The van der Waals surface area contributed by atoms with Crippen molar-refractivity contribution in [2.24, 2.45) is 5.41 Å². The van der Waals surface area contributed by atoms with Crippen LogP contribution in [0.5, 0.6) is 0 Å². The van der Waals surface area contributed by atoms with Crippen molar-refractivity contribution in [3.63, 3.8) is 0 Å². The van der Waals surface area contributed by atoms with E-state index in [1.807, 2.05) is 6.07 Å². The predicted molar refractivity (Wildman–Crippen MR) is 152 cm³/mol. The molecule has 7 rings (SSSR count). The van der Waals surface area contributed by atoms with E-state index in [1.165, 1.54) is 18.6 Å². The molecule has 0 radical (unpaired) electrons. The molecule has 3 fully saturated rings. The van der Waals surface area contributed by atoms with Crippen molar-refractivity contribution in [1.29, 1.82) is 0 Å². The second-order valence-electron chi connectivity index (χ2n) is 11.3. The molecule has 0 bridgehead atoms. The summed E-state index contributed by atoms with van der Waals surface area (Å²) in [4.78, 5) is 13.3. The highest BCUT2D eigenvalue weighted by atomic mass is 32.2.